The van der Waals surface area contributed by atoms with Gasteiger partial charge in [-0.3, -0.25) is 4.79 Å². The highest BCUT2D eigenvalue weighted by atomic mass is 19.1. The van der Waals surface area contributed by atoms with Crippen molar-refractivity contribution in [3.63, 3.8) is 0 Å². The van der Waals surface area contributed by atoms with E-state index in [2.05, 4.69) is 10.6 Å². The van der Waals surface area contributed by atoms with Gasteiger partial charge in [-0.05, 0) is 24.3 Å². The number of para-hydroxylation sites is 2. The number of halogens is 4. The molecule has 7 heteroatoms. The summed E-state index contributed by atoms with van der Waals surface area (Å²) in [5, 5.41) is 4.51. The van der Waals surface area contributed by atoms with Gasteiger partial charge in [0.15, 0.2) is 0 Å². The fraction of sp³-hybridized carbons (Fsp3) is 0.133. The number of amides is 1. The second kappa shape index (κ2) is 6.93. The molecule has 2 N–H and O–H groups in total. The molecular formula is C15H12F4N2O. The minimum absolute atomic E-state index is 0.0975. The topological polar surface area (TPSA) is 41.1 Å². The van der Waals surface area contributed by atoms with Gasteiger partial charge >= 0.3 is 0 Å². The molecule has 0 radical (unpaired) electrons. The van der Waals surface area contributed by atoms with E-state index in [0.717, 1.165) is 24.3 Å². The molecule has 0 spiro atoms. The lowest BCUT2D eigenvalue weighted by atomic mass is 10.2. The molecule has 0 heterocycles. The highest BCUT2D eigenvalue weighted by Crippen LogP contribution is 2.19. The molecule has 0 saturated carbocycles. The standard InChI is InChI=1S/C15H12F4N2O/c16-9-3-1-4-10(17)14(9)20-8-7-13(22)21-15-11(18)5-2-6-12(15)19/h1-6,20H,7-8H2,(H,21,22). The Balaban J connectivity index is 1.91. The van der Waals surface area contributed by atoms with Gasteiger partial charge in [0, 0.05) is 13.0 Å². The van der Waals surface area contributed by atoms with E-state index in [1.165, 1.54) is 12.1 Å². The van der Waals surface area contributed by atoms with Crippen LogP contribution in [0.4, 0.5) is 28.9 Å². The summed E-state index contributed by atoms with van der Waals surface area (Å²) in [6.45, 7) is -0.0975. The molecular weight excluding hydrogens is 300 g/mol. The molecule has 2 rings (SSSR count). The number of carbonyl (C=O) groups excluding carboxylic acids is 1. The summed E-state index contributed by atoms with van der Waals surface area (Å²) in [5.41, 5.74) is -0.906. The molecule has 116 valence electrons. The van der Waals surface area contributed by atoms with E-state index >= 15 is 0 Å². The zero-order valence-corrected chi connectivity index (χ0v) is 11.3. The molecule has 22 heavy (non-hydrogen) atoms. The van der Waals surface area contributed by atoms with Crippen molar-refractivity contribution in [2.24, 2.45) is 0 Å². The molecule has 0 bridgehead atoms. The van der Waals surface area contributed by atoms with Crippen LogP contribution in [0.2, 0.25) is 0 Å². The van der Waals surface area contributed by atoms with Gasteiger partial charge in [-0.25, -0.2) is 17.6 Å². The quantitative estimate of drug-likeness (QED) is 0.827. The number of carbonyl (C=O) groups is 1. The summed E-state index contributed by atoms with van der Waals surface area (Å²) in [5.74, 6) is -4.07. The molecule has 0 fully saturated rings. The van der Waals surface area contributed by atoms with Gasteiger partial charge < -0.3 is 10.6 Å². The summed E-state index contributed by atoms with van der Waals surface area (Å²) in [4.78, 5) is 11.6. The van der Waals surface area contributed by atoms with Crippen LogP contribution in [0.5, 0.6) is 0 Å². The third-order valence-electron chi connectivity index (χ3n) is 2.84. The molecule has 2 aromatic carbocycles. The lowest BCUT2D eigenvalue weighted by Crippen LogP contribution is -2.18. The largest absolute Gasteiger partial charge is 0.380 e. The van der Waals surface area contributed by atoms with Crippen LogP contribution in [0.1, 0.15) is 6.42 Å². The van der Waals surface area contributed by atoms with Crippen LogP contribution in [0.3, 0.4) is 0 Å². The van der Waals surface area contributed by atoms with Crippen molar-refractivity contribution >= 4 is 17.3 Å². The first kappa shape index (κ1) is 15.8. The number of hydrogen-bond acceptors (Lipinski definition) is 2. The molecule has 0 aliphatic heterocycles. The zero-order chi connectivity index (χ0) is 16.1. The first-order chi connectivity index (χ1) is 10.5. The fourth-order valence-electron chi connectivity index (χ4n) is 1.79. The fourth-order valence-corrected chi connectivity index (χ4v) is 1.79. The van der Waals surface area contributed by atoms with Crippen molar-refractivity contribution in [1.82, 2.24) is 0 Å². The molecule has 3 nitrogen and oxygen atoms in total. The van der Waals surface area contributed by atoms with Crippen LogP contribution >= 0.6 is 0 Å². The number of nitrogens with one attached hydrogen (secondary N) is 2. The van der Waals surface area contributed by atoms with E-state index in [1.807, 2.05) is 0 Å². The Hall–Kier alpha value is -2.57. The van der Waals surface area contributed by atoms with Gasteiger partial charge in [0.05, 0.1) is 0 Å². The number of hydrogen-bond donors (Lipinski definition) is 2. The summed E-state index contributed by atoms with van der Waals surface area (Å²) in [6.07, 6.45) is -0.221. The lowest BCUT2D eigenvalue weighted by Gasteiger charge is -2.10. The van der Waals surface area contributed by atoms with Crippen LogP contribution in [-0.4, -0.2) is 12.5 Å². The van der Waals surface area contributed by atoms with Crippen molar-refractivity contribution in [1.29, 1.82) is 0 Å². The van der Waals surface area contributed by atoms with E-state index in [1.54, 1.807) is 0 Å². The summed E-state index contributed by atoms with van der Waals surface area (Å²) >= 11 is 0. The third kappa shape index (κ3) is 3.75. The van der Waals surface area contributed by atoms with Crippen molar-refractivity contribution in [3.8, 4) is 0 Å². The normalized spacial score (nSPS) is 10.4. The van der Waals surface area contributed by atoms with Crippen LogP contribution < -0.4 is 10.6 Å². The van der Waals surface area contributed by atoms with Crippen LogP contribution in [-0.2, 0) is 4.79 Å². The molecule has 0 aromatic heterocycles. The summed E-state index contributed by atoms with van der Waals surface area (Å²) < 4.78 is 53.3. The maximum absolute atomic E-state index is 13.3. The Morgan fingerprint density at radius 2 is 1.27 bits per heavy atom. The Morgan fingerprint density at radius 3 is 1.77 bits per heavy atom. The SMILES string of the molecule is O=C(CCNc1c(F)cccc1F)Nc1c(F)cccc1F. The highest BCUT2D eigenvalue weighted by Gasteiger charge is 2.12. The van der Waals surface area contributed by atoms with E-state index in [4.69, 9.17) is 0 Å². The van der Waals surface area contributed by atoms with Crippen LogP contribution in [0.15, 0.2) is 36.4 Å². The van der Waals surface area contributed by atoms with Crippen molar-refractivity contribution in [2.75, 3.05) is 17.2 Å². The molecule has 2 aromatic rings. The maximum atomic E-state index is 13.3. The maximum Gasteiger partial charge on any atom is 0.226 e. The van der Waals surface area contributed by atoms with Gasteiger partial charge in [-0.2, -0.15) is 0 Å². The molecule has 0 saturated heterocycles. The molecule has 0 aliphatic rings. The summed E-state index contributed by atoms with van der Waals surface area (Å²) in [6, 6.07) is 6.53. The number of rotatable bonds is 5. The first-order valence-corrected chi connectivity index (χ1v) is 6.41. The second-order valence-electron chi connectivity index (χ2n) is 4.42. The number of benzene rings is 2. The van der Waals surface area contributed by atoms with Gasteiger partial charge in [-0.1, -0.05) is 12.1 Å². The smallest absolute Gasteiger partial charge is 0.226 e. The molecule has 0 aliphatic carbocycles. The predicted molar refractivity (Wildman–Crippen MR) is 74.5 cm³/mol. The molecule has 0 atom stereocenters. The van der Waals surface area contributed by atoms with E-state index in [9.17, 15) is 22.4 Å². The second-order valence-corrected chi connectivity index (χ2v) is 4.42. The van der Waals surface area contributed by atoms with E-state index in [0.29, 0.717) is 0 Å². The third-order valence-corrected chi connectivity index (χ3v) is 2.84. The average molecular weight is 312 g/mol. The molecule has 1 amide bonds. The van der Waals surface area contributed by atoms with E-state index < -0.39 is 34.9 Å². The van der Waals surface area contributed by atoms with Gasteiger partial charge in [0.25, 0.3) is 0 Å². The highest BCUT2D eigenvalue weighted by molar-refractivity contribution is 5.91. The van der Waals surface area contributed by atoms with Crippen LogP contribution in [0.25, 0.3) is 0 Å². The lowest BCUT2D eigenvalue weighted by molar-refractivity contribution is -0.116. The zero-order valence-electron chi connectivity index (χ0n) is 11.3. The monoisotopic (exact) mass is 312 g/mol. The Labute approximate surface area is 124 Å². The first-order valence-electron chi connectivity index (χ1n) is 6.41. The Morgan fingerprint density at radius 1 is 0.818 bits per heavy atom. The minimum Gasteiger partial charge on any atom is -0.380 e. The van der Waals surface area contributed by atoms with Crippen molar-refractivity contribution in [3.05, 3.63) is 59.7 Å². The number of anilines is 2. The van der Waals surface area contributed by atoms with Crippen molar-refractivity contribution < 1.29 is 22.4 Å². The minimum atomic E-state index is -0.901. The predicted octanol–water partition coefficient (Wildman–Crippen LogP) is 3.68. The summed E-state index contributed by atoms with van der Waals surface area (Å²) in [7, 11) is 0. The Bertz CT molecular complexity index is 651. The van der Waals surface area contributed by atoms with Gasteiger partial charge in [-0.15, -0.1) is 0 Å². The van der Waals surface area contributed by atoms with Gasteiger partial charge in [0.2, 0.25) is 5.91 Å². The van der Waals surface area contributed by atoms with Crippen molar-refractivity contribution in [2.45, 2.75) is 6.42 Å². The van der Waals surface area contributed by atoms with E-state index in [-0.39, 0.29) is 18.7 Å². The Kier molecular flexibility index (Phi) is 4.98. The van der Waals surface area contributed by atoms with Gasteiger partial charge in [0.1, 0.15) is 34.6 Å². The van der Waals surface area contributed by atoms with Crippen LogP contribution in [0, 0.1) is 23.3 Å². The average Bonchev–Trinajstić information content (AvgIpc) is 2.46. The molecule has 0 unspecified atom stereocenters.